The Balaban J connectivity index is 1.66. The van der Waals surface area contributed by atoms with E-state index in [1.165, 1.54) is 23.9 Å². The number of aromatic nitrogens is 3. The highest BCUT2D eigenvalue weighted by molar-refractivity contribution is 7.98. The maximum atomic E-state index is 10.7. The van der Waals surface area contributed by atoms with Crippen LogP contribution < -0.4 is 4.74 Å². The van der Waals surface area contributed by atoms with Crippen molar-refractivity contribution in [3.05, 3.63) is 87.7 Å². The van der Waals surface area contributed by atoms with Gasteiger partial charge in [-0.15, -0.1) is 16.8 Å². The number of halogens is 1. The fourth-order valence-electron chi connectivity index (χ4n) is 2.39. The molecule has 0 spiro atoms. The molecular formula is C19H17ClN4O3S. The Bertz CT molecular complexity index is 958. The van der Waals surface area contributed by atoms with Crippen molar-refractivity contribution >= 4 is 29.1 Å². The van der Waals surface area contributed by atoms with Crippen LogP contribution in [0.1, 0.15) is 11.4 Å². The zero-order valence-corrected chi connectivity index (χ0v) is 16.4. The second kappa shape index (κ2) is 9.38. The summed E-state index contributed by atoms with van der Waals surface area (Å²) < 4.78 is 7.69. The molecule has 0 unspecified atom stereocenters. The second-order valence-electron chi connectivity index (χ2n) is 5.75. The Morgan fingerprint density at radius 1 is 1.18 bits per heavy atom. The molecule has 0 fully saturated rings. The summed E-state index contributed by atoms with van der Waals surface area (Å²) in [6, 6.07) is 13.6. The van der Waals surface area contributed by atoms with Crippen molar-refractivity contribution in [1.82, 2.24) is 14.8 Å². The lowest BCUT2D eigenvalue weighted by Gasteiger charge is -2.09. The molecule has 1 aromatic heterocycles. The smallest absolute Gasteiger partial charge is 0.269 e. The summed E-state index contributed by atoms with van der Waals surface area (Å²) in [6.45, 7) is 4.60. The Labute approximate surface area is 171 Å². The first kappa shape index (κ1) is 19.9. The molecular weight excluding hydrogens is 400 g/mol. The predicted octanol–water partition coefficient (Wildman–Crippen LogP) is 4.90. The second-order valence-corrected chi connectivity index (χ2v) is 7.13. The van der Waals surface area contributed by atoms with E-state index in [9.17, 15) is 10.1 Å². The monoisotopic (exact) mass is 416 g/mol. The van der Waals surface area contributed by atoms with Gasteiger partial charge in [0.25, 0.3) is 5.69 Å². The van der Waals surface area contributed by atoms with Crippen LogP contribution in [0.25, 0.3) is 0 Å². The van der Waals surface area contributed by atoms with Crippen LogP contribution in [0.2, 0.25) is 5.02 Å². The van der Waals surface area contributed by atoms with Gasteiger partial charge in [-0.1, -0.05) is 41.6 Å². The van der Waals surface area contributed by atoms with Gasteiger partial charge in [-0.25, -0.2) is 0 Å². The minimum Gasteiger partial charge on any atom is -0.486 e. The summed E-state index contributed by atoms with van der Waals surface area (Å²) in [5.41, 5.74) is 1.04. The Morgan fingerprint density at radius 2 is 1.89 bits per heavy atom. The molecule has 0 N–H and O–H groups in total. The summed E-state index contributed by atoms with van der Waals surface area (Å²) >= 11 is 7.38. The standard InChI is InChI=1S/C19H17ClN4O3S/c1-2-11-23-18(12-27-17-9-5-15(20)6-10-17)21-22-19(23)28-13-14-3-7-16(8-4-14)24(25)26/h2-10H,1,11-13H2. The molecule has 144 valence electrons. The van der Waals surface area contributed by atoms with Crippen molar-refractivity contribution in [3.8, 4) is 5.75 Å². The van der Waals surface area contributed by atoms with Gasteiger partial charge in [-0.2, -0.15) is 0 Å². The van der Waals surface area contributed by atoms with Crippen molar-refractivity contribution in [2.75, 3.05) is 0 Å². The van der Waals surface area contributed by atoms with Crippen LogP contribution in [0, 0.1) is 10.1 Å². The predicted molar refractivity (Wildman–Crippen MR) is 109 cm³/mol. The lowest BCUT2D eigenvalue weighted by Crippen LogP contribution is -2.07. The maximum absolute atomic E-state index is 10.7. The van der Waals surface area contributed by atoms with E-state index in [2.05, 4.69) is 16.8 Å². The molecule has 0 radical (unpaired) electrons. The fourth-order valence-corrected chi connectivity index (χ4v) is 3.43. The van der Waals surface area contributed by atoms with E-state index in [-0.39, 0.29) is 12.3 Å². The van der Waals surface area contributed by atoms with Gasteiger partial charge in [0.2, 0.25) is 0 Å². The van der Waals surface area contributed by atoms with E-state index in [4.69, 9.17) is 16.3 Å². The minimum atomic E-state index is -0.412. The van der Waals surface area contributed by atoms with Gasteiger partial charge < -0.3 is 4.74 Å². The topological polar surface area (TPSA) is 83.1 Å². The van der Waals surface area contributed by atoms with Gasteiger partial charge in [0.15, 0.2) is 11.0 Å². The van der Waals surface area contributed by atoms with E-state index in [0.717, 1.165) is 10.7 Å². The molecule has 1 heterocycles. The van der Waals surface area contributed by atoms with Crippen molar-refractivity contribution < 1.29 is 9.66 Å². The zero-order chi connectivity index (χ0) is 19.9. The van der Waals surface area contributed by atoms with Gasteiger partial charge in [0, 0.05) is 29.5 Å². The molecule has 0 aliphatic carbocycles. The van der Waals surface area contributed by atoms with Crippen LogP contribution in [-0.4, -0.2) is 19.7 Å². The molecule has 0 aliphatic rings. The highest BCUT2D eigenvalue weighted by Crippen LogP contribution is 2.24. The van der Waals surface area contributed by atoms with Crippen LogP contribution in [0.15, 0.2) is 66.3 Å². The van der Waals surface area contributed by atoms with Crippen molar-refractivity contribution in [3.63, 3.8) is 0 Å². The summed E-state index contributed by atoms with van der Waals surface area (Å²) in [4.78, 5) is 10.3. The van der Waals surface area contributed by atoms with E-state index in [0.29, 0.717) is 28.9 Å². The average molecular weight is 417 g/mol. The summed E-state index contributed by atoms with van der Waals surface area (Å²) in [7, 11) is 0. The first-order valence-electron chi connectivity index (χ1n) is 8.34. The molecule has 28 heavy (non-hydrogen) atoms. The number of ether oxygens (including phenoxy) is 1. The zero-order valence-electron chi connectivity index (χ0n) is 14.8. The van der Waals surface area contributed by atoms with E-state index < -0.39 is 4.92 Å². The van der Waals surface area contributed by atoms with Gasteiger partial charge in [0.05, 0.1) is 4.92 Å². The lowest BCUT2D eigenvalue weighted by molar-refractivity contribution is -0.384. The Hall–Kier alpha value is -2.84. The fraction of sp³-hybridized carbons (Fsp3) is 0.158. The van der Waals surface area contributed by atoms with Crippen molar-refractivity contribution in [2.45, 2.75) is 24.1 Å². The maximum Gasteiger partial charge on any atom is 0.269 e. The van der Waals surface area contributed by atoms with E-state index in [1.54, 1.807) is 42.5 Å². The molecule has 7 nitrogen and oxygen atoms in total. The molecule has 3 aromatic rings. The number of hydrogen-bond donors (Lipinski definition) is 0. The third kappa shape index (κ3) is 5.11. The minimum absolute atomic E-state index is 0.0743. The van der Waals surface area contributed by atoms with Crippen LogP contribution in [-0.2, 0) is 18.9 Å². The van der Waals surface area contributed by atoms with E-state index >= 15 is 0 Å². The molecule has 3 rings (SSSR count). The van der Waals surface area contributed by atoms with Crippen molar-refractivity contribution in [2.24, 2.45) is 0 Å². The third-order valence-corrected chi connectivity index (χ3v) is 5.09. The van der Waals surface area contributed by atoms with Gasteiger partial charge >= 0.3 is 0 Å². The summed E-state index contributed by atoms with van der Waals surface area (Å²) in [6.07, 6.45) is 1.77. The number of nitro benzene ring substituents is 1. The number of allylic oxidation sites excluding steroid dienone is 1. The van der Waals surface area contributed by atoms with Crippen LogP contribution in [0.5, 0.6) is 5.75 Å². The molecule has 9 heteroatoms. The van der Waals surface area contributed by atoms with Crippen molar-refractivity contribution in [1.29, 1.82) is 0 Å². The Kier molecular flexibility index (Phi) is 6.67. The van der Waals surface area contributed by atoms with Crippen LogP contribution in [0.3, 0.4) is 0 Å². The molecule has 0 saturated carbocycles. The van der Waals surface area contributed by atoms with Gasteiger partial charge in [-0.3, -0.25) is 14.7 Å². The van der Waals surface area contributed by atoms with Gasteiger partial charge in [0.1, 0.15) is 12.4 Å². The lowest BCUT2D eigenvalue weighted by atomic mass is 10.2. The highest BCUT2D eigenvalue weighted by atomic mass is 35.5. The number of benzene rings is 2. The summed E-state index contributed by atoms with van der Waals surface area (Å²) in [5.74, 6) is 1.99. The van der Waals surface area contributed by atoms with Gasteiger partial charge in [-0.05, 0) is 29.8 Å². The molecule has 0 bridgehead atoms. The van der Waals surface area contributed by atoms with Crippen LogP contribution in [0.4, 0.5) is 5.69 Å². The quantitative estimate of drug-likeness (QED) is 0.213. The Morgan fingerprint density at radius 3 is 2.54 bits per heavy atom. The first-order valence-corrected chi connectivity index (χ1v) is 9.70. The van der Waals surface area contributed by atoms with E-state index in [1.807, 2.05) is 4.57 Å². The average Bonchev–Trinajstić information content (AvgIpc) is 3.08. The number of thioether (sulfide) groups is 1. The third-order valence-electron chi connectivity index (χ3n) is 3.80. The number of hydrogen-bond acceptors (Lipinski definition) is 6. The number of nitro groups is 1. The summed E-state index contributed by atoms with van der Waals surface area (Å²) in [5, 5.41) is 20.6. The number of nitrogens with zero attached hydrogens (tertiary/aromatic N) is 4. The molecule has 0 aliphatic heterocycles. The molecule has 0 saturated heterocycles. The SMILES string of the molecule is C=CCn1c(COc2ccc(Cl)cc2)nnc1SCc1ccc([N+](=O)[O-])cc1. The normalized spacial score (nSPS) is 10.6. The first-order chi connectivity index (χ1) is 13.6. The highest BCUT2D eigenvalue weighted by Gasteiger charge is 2.13. The van der Waals surface area contributed by atoms with Crippen LogP contribution >= 0.6 is 23.4 Å². The number of non-ortho nitro benzene ring substituents is 1. The molecule has 2 aromatic carbocycles. The largest absolute Gasteiger partial charge is 0.486 e. The number of rotatable bonds is 9. The molecule has 0 atom stereocenters. The molecule has 0 amide bonds.